The number of carbonyl (C=O) groups excluding carboxylic acids is 1. The lowest BCUT2D eigenvalue weighted by atomic mass is 10.1. The molecule has 0 heterocycles. The Morgan fingerprint density at radius 3 is 2.50 bits per heavy atom. The molecule has 0 aromatic heterocycles. The Balaban J connectivity index is 2.44. The van der Waals surface area contributed by atoms with E-state index in [1.54, 1.807) is 18.7 Å². The van der Waals surface area contributed by atoms with E-state index < -0.39 is 5.97 Å². The number of rotatable bonds is 7. The van der Waals surface area contributed by atoms with E-state index in [-0.39, 0.29) is 12.5 Å². The van der Waals surface area contributed by atoms with Crippen LogP contribution in [0.4, 0.5) is 0 Å². The topological polar surface area (TPSA) is 57.6 Å². The van der Waals surface area contributed by atoms with Gasteiger partial charge in [-0.15, -0.1) is 11.8 Å². The maximum atomic E-state index is 11.9. The number of aryl methyl sites for hydroxylation is 2. The third-order valence-electron chi connectivity index (χ3n) is 3.12. The Hall–Kier alpha value is -1.49. The van der Waals surface area contributed by atoms with Crippen molar-refractivity contribution in [3.8, 4) is 0 Å². The number of hydrogen-bond donors (Lipinski definition) is 1. The van der Waals surface area contributed by atoms with Crippen LogP contribution in [0.25, 0.3) is 0 Å². The van der Waals surface area contributed by atoms with E-state index in [1.165, 1.54) is 16.0 Å². The minimum absolute atomic E-state index is 0.105. The first kappa shape index (κ1) is 16.6. The summed E-state index contributed by atoms with van der Waals surface area (Å²) in [4.78, 5) is 25.0. The molecule has 0 radical (unpaired) electrons. The van der Waals surface area contributed by atoms with Gasteiger partial charge in [0, 0.05) is 23.6 Å². The maximum absolute atomic E-state index is 11.9. The quantitative estimate of drug-likeness (QED) is 0.786. The number of benzene rings is 1. The lowest BCUT2D eigenvalue weighted by Gasteiger charge is -2.18. The molecule has 0 bridgehead atoms. The summed E-state index contributed by atoms with van der Waals surface area (Å²) >= 11 is 1.62. The first-order chi connectivity index (χ1) is 9.43. The van der Waals surface area contributed by atoms with Gasteiger partial charge in [-0.1, -0.05) is 6.07 Å². The third kappa shape index (κ3) is 5.25. The van der Waals surface area contributed by atoms with Crippen molar-refractivity contribution in [1.29, 1.82) is 0 Å². The summed E-state index contributed by atoms with van der Waals surface area (Å²) in [5.41, 5.74) is 2.49. The number of thioether (sulfide) groups is 1. The number of carboxylic acids is 1. The van der Waals surface area contributed by atoms with Crippen LogP contribution in [0, 0.1) is 13.8 Å². The molecule has 0 unspecified atom stereocenters. The molecule has 4 nitrogen and oxygen atoms in total. The fraction of sp³-hybridized carbons (Fsp3) is 0.467. The first-order valence-corrected chi connectivity index (χ1v) is 7.62. The second kappa shape index (κ2) is 7.94. The molecule has 1 amide bonds. The van der Waals surface area contributed by atoms with Crippen LogP contribution in [0.2, 0.25) is 0 Å². The minimum Gasteiger partial charge on any atom is -0.480 e. The molecule has 0 aliphatic carbocycles. The zero-order valence-electron chi connectivity index (χ0n) is 12.2. The standard InChI is InChI=1S/C15H21NO3S/c1-4-16(10-15(18)19)14(17)7-8-20-13-6-5-11(2)12(3)9-13/h5-6,9H,4,7-8,10H2,1-3H3,(H,18,19). The average molecular weight is 295 g/mol. The van der Waals surface area contributed by atoms with E-state index in [9.17, 15) is 9.59 Å². The van der Waals surface area contributed by atoms with Gasteiger partial charge >= 0.3 is 5.97 Å². The van der Waals surface area contributed by atoms with Crippen molar-refractivity contribution in [2.75, 3.05) is 18.8 Å². The molecule has 0 spiro atoms. The Morgan fingerprint density at radius 1 is 1.25 bits per heavy atom. The number of carbonyl (C=O) groups is 2. The summed E-state index contributed by atoms with van der Waals surface area (Å²) in [5.74, 6) is -0.412. The summed E-state index contributed by atoms with van der Waals surface area (Å²) in [7, 11) is 0. The van der Waals surface area contributed by atoms with Gasteiger partial charge in [0.1, 0.15) is 6.54 Å². The maximum Gasteiger partial charge on any atom is 0.323 e. The van der Waals surface area contributed by atoms with Crippen LogP contribution in [0.3, 0.4) is 0 Å². The van der Waals surface area contributed by atoms with Gasteiger partial charge in [0.2, 0.25) is 5.91 Å². The highest BCUT2D eigenvalue weighted by molar-refractivity contribution is 7.99. The predicted molar refractivity (Wildman–Crippen MR) is 81.1 cm³/mol. The van der Waals surface area contributed by atoms with Gasteiger partial charge in [0.15, 0.2) is 0 Å². The second-order valence-electron chi connectivity index (χ2n) is 4.65. The fourth-order valence-corrected chi connectivity index (χ4v) is 2.69. The van der Waals surface area contributed by atoms with E-state index in [0.29, 0.717) is 18.7 Å². The monoisotopic (exact) mass is 295 g/mol. The van der Waals surface area contributed by atoms with Gasteiger partial charge in [-0.2, -0.15) is 0 Å². The molecule has 0 fully saturated rings. The molecule has 0 saturated heterocycles. The van der Waals surface area contributed by atoms with Gasteiger partial charge in [-0.25, -0.2) is 0 Å². The summed E-state index contributed by atoms with van der Waals surface area (Å²) in [5, 5.41) is 8.72. The molecule has 1 aromatic carbocycles. The van der Waals surface area contributed by atoms with Crippen molar-refractivity contribution in [2.24, 2.45) is 0 Å². The lowest BCUT2D eigenvalue weighted by molar-refractivity contribution is -0.144. The Labute approximate surface area is 124 Å². The van der Waals surface area contributed by atoms with Crippen molar-refractivity contribution in [2.45, 2.75) is 32.1 Å². The first-order valence-electron chi connectivity index (χ1n) is 6.63. The second-order valence-corrected chi connectivity index (χ2v) is 5.81. The minimum atomic E-state index is -0.970. The highest BCUT2D eigenvalue weighted by Crippen LogP contribution is 2.21. The Bertz CT molecular complexity index is 488. The molecule has 0 saturated carbocycles. The van der Waals surface area contributed by atoms with Crippen molar-refractivity contribution in [3.05, 3.63) is 29.3 Å². The number of amides is 1. The lowest BCUT2D eigenvalue weighted by Crippen LogP contribution is -2.35. The number of aliphatic carboxylic acids is 1. The predicted octanol–water partition coefficient (Wildman–Crippen LogP) is 2.72. The van der Waals surface area contributed by atoms with Crippen LogP contribution in [0.15, 0.2) is 23.1 Å². The average Bonchev–Trinajstić information content (AvgIpc) is 2.39. The summed E-state index contributed by atoms with van der Waals surface area (Å²) < 4.78 is 0. The van der Waals surface area contributed by atoms with Crippen LogP contribution in [0.5, 0.6) is 0 Å². The summed E-state index contributed by atoms with van der Waals surface area (Å²) in [6.45, 7) is 6.13. The van der Waals surface area contributed by atoms with Gasteiger partial charge in [-0.05, 0) is 44.0 Å². The normalized spacial score (nSPS) is 10.3. The van der Waals surface area contributed by atoms with Crippen LogP contribution >= 0.6 is 11.8 Å². The Kier molecular flexibility index (Phi) is 6.58. The van der Waals surface area contributed by atoms with E-state index in [1.807, 2.05) is 6.07 Å². The highest BCUT2D eigenvalue weighted by Gasteiger charge is 2.14. The molecule has 5 heteroatoms. The molecule has 1 rings (SSSR count). The largest absolute Gasteiger partial charge is 0.480 e. The summed E-state index contributed by atoms with van der Waals surface area (Å²) in [6, 6.07) is 6.23. The zero-order chi connectivity index (χ0) is 15.1. The van der Waals surface area contributed by atoms with Gasteiger partial charge < -0.3 is 10.0 Å². The van der Waals surface area contributed by atoms with E-state index in [0.717, 1.165) is 4.90 Å². The van der Waals surface area contributed by atoms with Crippen LogP contribution in [-0.4, -0.2) is 40.7 Å². The molecule has 0 atom stereocenters. The molecule has 0 aliphatic rings. The number of hydrogen-bond acceptors (Lipinski definition) is 3. The van der Waals surface area contributed by atoms with E-state index in [4.69, 9.17) is 5.11 Å². The van der Waals surface area contributed by atoms with Gasteiger partial charge in [0.25, 0.3) is 0 Å². The summed E-state index contributed by atoms with van der Waals surface area (Å²) in [6.07, 6.45) is 0.360. The van der Waals surface area contributed by atoms with Crippen LogP contribution < -0.4 is 0 Å². The van der Waals surface area contributed by atoms with E-state index in [2.05, 4.69) is 26.0 Å². The van der Waals surface area contributed by atoms with Crippen LogP contribution in [-0.2, 0) is 9.59 Å². The van der Waals surface area contributed by atoms with Crippen molar-refractivity contribution in [3.63, 3.8) is 0 Å². The van der Waals surface area contributed by atoms with Crippen molar-refractivity contribution >= 4 is 23.6 Å². The van der Waals surface area contributed by atoms with Gasteiger partial charge in [0.05, 0.1) is 0 Å². The molecular weight excluding hydrogens is 274 g/mol. The fourth-order valence-electron chi connectivity index (χ4n) is 1.76. The van der Waals surface area contributed by atoms with Crippen molar-refractivity contribution < 1.29 is 14.7 Å². The molecule has 20 heavy (non-hydrogen) atoms. The van der Waals surface area contributed by atoms with Crippen LogP contribution in [0.1, 0.15) is 24.5 Å². The molecule has 1 aromatic rings. The Morgan fingerprint density at radius 2 is 1.95 bits per heavy atom. The zero-order valence-corrected chi connectivity index (χ0v) is 13.0. The van der Waals surface area contributed by atoms with Crippen molar-refractivity contribution in [1.82, 2.24) is 4.90 Å². The molecule has 110 valence electrons. The molecule has 1 N–H and O–H groups in total. The van der Waals surface area contributed by atoms with Gasteiger partial charge in [-0.3, -0.25) is 9.59 Å². The van der Waals surface area contributed by atoms with E-state index >= 15 is 0 Å². The highest BCUT2D eigenvalue weighted by atomic mass is 32.2. The molecular formula is C15H21NO3S. The SMILES string of the molecule is CCN(CC(=O)O)C(=O)CCSc1ccc(C)c(C)c1. The number of carboxylic acid groups (broad SMARTS) is 1. The third-order valence-corrected chi connectivity index (χ3v) is 4.12. The molecule has 0 aliphatic heterocycles. The number of likely N-dealkylation sites (N-methyl/N-ethyl adjacent to an activating group) is 1. The smallest absolute Gasteiger partial charge is 0.323 e. The number of nitrogens with zero attached hydrogens (tertiary/aromatic N) is 1.